The lowest BCUT2D eigenvalue weighted by Crippen LogP contribution is -2.26. The van der Waals surface area contributed by atoms with Crippen molar-refractivity contribution in [1.82, 2.24) is 0 Å². The van der Waals surface area contributed by atoms with Gasteiger partial charge in [0, 0.05) is 10.9 Å². The number of halogens is 1. The zero-order chi connectivity index (χ0) is 12.6. The van der Waals surface area contributed by atoms with Gasteiger partial charge in [-0.3, -0.25) is 4.79 Å². The van der Waals surface area contributed by atoms with Crippen molar-refractivity contribution < 1.29 is 4.79 Å². The highest BCUT2D eigenvalue weighted by Gasteiger charge is 2.71. The summed E-state index contributed by atoms with van der Waals surface area (Å²) in [4.78, 5) is 11.4. The molecule has 3 atom stereocenters. The Kier molecular flexibility index (Phi) is 2.53. The van der Waals surface area contributed by atoms with Crippen molar-refractivity contribution in [2.75, 3.05) is 0 Å². The molecule has 1 aromatic rings. The van der Waals surface area contributed by atoms with Crippen molar-refractivity contribution >= 4 is 17.5 Å². The largest absolute Gasteiger partial charge is 0.368 e. The number of nitrogens with two attached hydrogens (primary N) is 1. The summed E-state index contributed by atoms with van der Waals surface area (Å²) in [5, 5.41) is 18.5. The average Bonchev–Trinajstić information content (AvgIpc) is 2.98. The van der Waals surface area contributed by atoms with Gasteiger partial charge in [0.2, 0.25) is 5.91 Å². The van der Waals surface area contributed by atoms with Gasteiger partial charge in [0.25, 0.3) is 0 Å². The molecule has 0 radical (unpaired) electrons. The third-order valence-electron chi connectivity index (χ3n) is 3.18. The van der Waals surface area contributed by atoms with Crippen molar-refractivity contribution in [3.8, 4) is 12.1 Å². The Morgan fingerprint density at radius 3 is 2.47 bits per heavy atom. The van der Waals surface area contributed by atoms with Crippen molar-refractivity contribution in [1.29, 1.82) is 10.5 Å². The van der Waals surface area contributed by atoms with Crippen molar-refractivity contribution in [3.05, 3.63) is 34.9 Å². The molecule has 1 fully saturated rings. The Bertz CT molecular complexity index is 572. The number of nitrogens with zero attached hydrogens (tertiary/aromatic N) is 2. The van der Waals surface area contributed by atoms with Gasteiger partial charge in [-0.15, -0.1) is 0 Å². The van der Waals surface area contributed by atoms with Gasteiger partial charge >= 0.3 is 0 Å². The van der Waals surface area contributed by atoms with Crippen LogP contribution in [-0.2, 0) is 4.79 Å². The van der Waals surface area contributed by atoms with E-state index in [1.165, 1.54) is 0 Å². The van der Waals surface area contributed by atoms with Crippen LogP contribution in [0.15, 0.2) is 24.3 Å². The minimum Gasteiger partial charge on any atom is -0.368 e. The lowest BCUT2D eigenvalue weighted by atomic mass is 10.00. The molecule has 0 aliphatic heterocycles. The summed E-state index contributed by atoms with van der Waals surface area (Å²) < 4.78 is 0. The maximum atomic E-state index is 11.4. The summed E-state index contributed by atoms with van der Waals surface area (Å²) in [5.74, 6) is -2.01. The van der Waals surface area contributed by atoms with E-state index < -0.39 is 23.2 Å². The number of nitriles is 2. The first-order valence-corrected chi connectivity index (χ1v) is 5.32. The molecule has 1 aliphatic rings. The molecule has 0 aromatic heterocycles. The molecular formula is C12H8ClN3O. The fourth-order valence-corrected chi connectivity index (χ4v) is 2.47. The Labute approximate surface area is 103 Å². The van der Waals surface area contributed by atoms with Crippen LogP contribution in [0.4, 0.5) is 0 Å². The summed E-state index contributed by atoms with van der Waals surface area (Å²) in [7, 11) is 0. The predicted molar refractivity (Wildman–Crippen MR) is 60.5 cm³/mol. The fourth-order valence-electron chi connectivity index (χ4n) is 2.22. The number of carbonyl (C=O) groups is 1. The van der Waals surface area contributed by atoms with Crippen molar-refractivity contribution in [2.24, 2.45) is 17.1 Å². The second-order valence-electron chi connectivity index (χ2n) is 3.95. The van der Waals surface area contributed by atoms with Crippen LogP contribution < -0.4 is 5.73 Å². The number of rotatable bonds is 2. The van der Waals surface area contributed by atoms with Crippen LogP contribution >= 0.6 is 11.6 Å². The van der Waals surface area contributed by atoms with Gasteiger partial charge in [-0.1, -0.05) is 29.8 Å². The van der Waals surface area contributed by atoms with Crippen LogP contribution in [0.1, 0.15) is 11.5 Å². The minimum absolute atomic E-state index is 0.441. The second-order valence-corrected chi connectivity index (χ2v) is 4.36. The Balaban J connectivity index is 2.51. The van der Waals surface area contributed by atoms with E-state index in [0.29, 0.717) is 10.6 Å². The van der Waals surface area contributed by atoms with E-state index in [9.17, 15) is 4.79 Å². The van der Waals surface area contributed by atoms with Crippen molar-refractivity contribution in [2.45, 2.75) is 5.92 Å². The van der Waals surface area contributed by atoms with E-state index in [4.69, 9.17) is 27.9 Å². The summed E-state index contributed by atoms with van der Waals surface area (Å²) in [5.41, 5.74) is 4.43. The molecule has 17 heavy (non-hydrogen) atoms. The standard InChI is InChI=1S/C12H8ClN3O/c13-9-4-2-1-3-7(9)10-8(5-14)12(10,6-15)11(16)17/h1-4,8,10H,(H2,16,17)/t8-,10-,12-/m1/s1. The molecule has 1 saturated carbocycles. The van der Waals surface area contributed by atoms with E-state index in [2.05, 4.69) is 0 Å². The van der Waals surface area contributed by atoms with E-state index in [0.717, 1.165) is 0 Å². The quantitative estimate of drug-likeness (QED) is 0.857. The fraction of sp³-hybridized carbons (Fsp3) is 0.250. The van der Waals surface area contributed by atoms with Gasteiger partial charge in [-0.25, -0.2) is 0 Å². The molecule has 0 unspecified atom stereocenters. The third kappa shape index (κ3) is 1.39. The average molecular weight is 246 g/mol. The molecule has 0 spiro atoms. The molecule has 0 saturated heterocycles. The van der Waals surface area contributed by atoms with E-state index >= 15 is 0 Å². The number of carbonyl (C=O) groups excluding carboxylic acids is 1. The smallest absolute Gasteiger partial charge is 0.239 e. The molecule has 1 aliphatic carbocycles. The first kappa shape index (κ1) is 11.4. The molecule has 1 amide bonds. The lowest BCUT2D eigenvalue weighted by Gasteiger charge is -2.04. The van der Waals surface area contributed by atoms with Gasteiger partial charge in [-0.2, -0.15) is 10.5 Å². The van der Waals surface area contributed by atoms with Crippen molar-refractivity contribution in [3.63, 3.8) is 0 Å². The molecule has 4 nitrogen and oxygen atoms in total. The number of benzene rings is 1. The zero-order valence-corrected chi connectivity index (χ0v) is 9.48. The molecule has 1 aromatic carbocycles. The Morgan fingerprint density at radius 1 is 1.41 bits per heavy atom. The molecule has 0 bridgehead atoms. The first-order valence-electron chi connectivity index (χ1n) is 4.94. The highest BCUT2D eigenvalue weighted by atomic mass is 35.5. The molecule has 2 rings (SSSR count). The number of hydrogen-bond donors (Lipinski definition) is 1. The minimum atomic E-state index is -1.43. The SMILES string of the molecule is N#C[C@@H]1[C@@H](c2ccccc2Cl)[C@]1(C#N)C(N)=O. The molecule has 2 N–H and O–H groups in total. The lowest BCUT2D eigenvalue weighted by molar-refractivity contribution is -0.121. The van der Waals surface area contributed by atoms with Crippen LogP contribution in [0, 0.1) is 34.0 Å². The summed E-state index contributed by atoms with van der Waals surface area (Å²) in [6, 6.07) is 10.7. The highest BCUT2D eigenvalue weighted by molar-refractivity contribution is 6.31. The maximum absolute atomic E-state index is 11.4. The van der Waals surface area contributed by atoms with Crippen LogP contribution in [0.25, 0.3) is 0 Å². The molecule has 84 valence electrons. The second kappa shape index (κ2) is 3.76. The van der Waals surface area contributed by atoms with E-state index in [1.54, 1.807) is 24.3 Å². The predicted octanol–water partition coefficient (Wildman–Crippen LogP) is 1.57. The van der Waals surface area contributed by atoms with Gasteiger partial charge in [0.15, 0.2) is 5.41 Å². The van der Waals surface area contributed by atoms with Gasteiger partial charge in [0.05, 0.1) is 18.1 Å². The monoisotopic (exact) mass is 245 g/mol. The summed E-state index contributed by atoms with van der Waals surface area (Å²) in [6.45, 7) is 0. The van der Waals surface area contributed by atoms with E-state index in [-0.39, 0.29) is 0 Å². The molecule has 5 heteroatoms. The topological polar surface area (TPSA) is 90.7 Å². The summed E-state index contributed by atoms with van der Waals surface area (Å²) in [6.07, 6.45) is 0. The third-order valence-corrected chi connectivity index (χ3v) is 3.52. The maximum Gasteiger partial charge on any atom is 0.239 e. The Morgan fingerprint density at radius 2 is 2.06 bits per heavy atom. The van der Waals surface area contributed by atoms with Crippen LogP contribution in [0.2, 0.25) is 5.02 Å². The van der Waals surface area contributed by atoms with Crippen LogP contribution in [-0.4, -0.2) is 5.91 Å². The summed E-state index contributed by atoms with van der Waals surface area (Å²) >= 11 is 6.00. The van der Waals surface area contributed by atoms with Gasteiger partial charge in [-0.05, 0) is 11.6 Å². The first-order chi connectivity index (χ1) is 8.09. The Hall–Kier alpha value is -2.04. The van der Waals surface area contributed by atoms with Crippen LogP contribution in [0.3, 0.4) is 0 Å². The molecular weight excluding hydrogens is 238 g/mol. The van der Waals surface area contributed by atoms with Crippen LogP contribution in [0.5, 0.6) is 0 Å². The van der Waals surface area contributed by atoms with E-state index in [1.807, 2.05) is 12.1 Å². The van der Waals surface area contributed by atoms with Gasteiger partial charge in [0.1, 0.15) is 0 Å². The zero-order valence-electron chi connectivity index (χ0n) is 8.72. The van der Waals surface area contributed by atoms with Gasteiger partial charge < -0.3 is 5.73 Å². The normalized spacial score (nSPS) is 30.1. The number of amides is 1. The number of hydrogen-bond acceptors (Lipinski definition) is 3. The number of primary amides is 1. The molecule has 0 heterocycles. The highest BCUT2D eigenvalue weighted by Crippen LogP contribution is 2.65.